The van der Waals surface area contributed by atoms with E-state index in [4.69, 9.17) is 5.84 Å². The zero-order valence-electron chi connectivity index (χ0n) is 8.84. The first-order valence-corrected chi connectivity index (χ1v) is 4.87. The second-order valence-electron chi connectivity index (χ2n) is 3.23. The van der Waals surface area contributed by atoms with Crippen molar-refractivity contribution < 1.29 is 4.79 Å². The molecule has 1 aromatic carbocycles. The van der Waals surface area contributed by atoms with Crippen LogP contribution in [-0.2, 0) is 6.54 Å². The predicted octanol–water partition coefficient (Wildman–Crippen LogP) is -0.585. The van der Waals surface area contributed by atoms with E-state index < -0.39 is 0 Å². The van der Waals surface area contributed by atoms with Crippen molar-refractivity contribution in [3.63, 3.8) is 0 Å². The summed E-state index contributed by atoms with van der Waals surface area (Å²) in [6.07, 6.45) is 0. The molecule has 2 aromatic rings. The molecule has 1 heterocycles. The monoisotopic (exact) mass is 233 g/mol. The Morgan fingerprint density at radius 1 is 1.35 bits per heavy atom. The van der Waals surface area contributed by atoms with E-state index in [1.807, 2.05) is 0 Å². The van der Waals surface area contributed by atoms with Gasteiger partial charge < -0.3 is 10.7 Å². The Hall–Kier alpha value is -2.48. The lowest BCUT2D eigenvalue weighted by Gasteiger charge is -2.03. The van der Waals surface area contributed by atoms with Gasteiger partial charge in [0.15, 0.2) is 5.82 Å². The molecule has 0 saturated heterocycles. The minimum Gasteiger partial charge on any atom is -0.345 e. The zero-order valence-corrected chi connectivity index (χ0v) is 8.84. The molecule has 0 fully saturated rings. The van der Waals surface area contributed by atoms with Crippen molar-refractivity contribution in [3.05, 3.63) is 35.7 Å². The molecule has 0 aliphatic carbocycles. The summed E-state index contributed by atoms with van der Waals surface area (Å²) in [5.41, 5.74) is 3.75. The van der Waals surface area contributed by atoms with Crippen molar-refractivity contribution >= 4 is 11.6 Å². The Morgan fingerprint density at radius 3 is 2.71 bits per heavy atom. The summed E-state index contributed by atoms with van der Waals surface area (Å²) in [5.74, 6) is 5.44. The summed E-state index contributed by atoms with van der Waals surface area (Å²) >= 11 is 0. The number of nitrogens with two attached hydrogens (primary N) is 1. The summed E-state index contributed by atoms with van der Waals surface area (Å²) in [6.45, 7) is 0.228. The highest BCUT2D eigenvalue weighted by molar-refractivity contribution is 5.94. The van der Waals surface area contributed by atoms with Crippen molar-refractivity contribution in [3.8, 4) is 0 Å². The van der Waals surface area contributed by atoms with Gasteiger partial charge in [0.1, 0.15) is 0 Å². The first-order chi connectivity index (χ1) is 8.29. The SMILES string of the molecule is NNc1ccc(C(=O)NCc2nn[nH]n2)cc1. The van der Waals surface area contributed by atoms with Crippen LogP contribution in [0, 0.1) is 0 Å². The van der Waals surface area contributed by atoms with Crippen LogP contribution in [0.4, 0.5) is 5.69 Å². The van der Waals surface area contributed by atoms with Gasteiger partial charge in [0.05, 0.1) is 6.54 Å². The molecule has 0 radical (unpaired) electrons. The highest BCUT2D eigenvalue weighted by Crippen LogP contribution is 2.07. The Morgan fingerprint density at radius 2 is 2.12 bits per heavy atom. The van der Waals surface area contributed by atoms with Crippen LogP contribution in [0.1, 0.15) is 16.2 Å². The van der Waals surface area contributed by atoms with Gasteiger partial charge in [0.25, 0.3) is 5.91 Å². The minimum atomic E-state index is -0.210. The third kappa shape index (κ3) is 2.75. The largest absolute Gasteiger partial charge is 0.345 e. The maximum absolute atomic E-state index is 11.7. The van der Waals surface area contributed by atoms with E-state index in [0.717, 1.165) is 5.69 Å². The molecule has 8 heteroatoms. The molecule has 5 N–H and O–H groups in total. The van der Waals surface area contributed by atoms with Gasteiger partial charge in [-0.05, 0) is 24.3 Å². The predicted molar refractivity (Wildman–Crippen MR) is 59.6 cm³/mol. The number of carbonyl (C=O) groups is 1. The first-order valence-electron chi connectivity index (χ1n) is 4.87. The van der Waals surface area contributed by atoms with Gasteiger partial charge in [-0.25, -0.2) is 0 Å². The second kappa shape index (κ2) is 5.03. The molecule has 0 aliphatic heterocycles. The molecule has 88 valence electrons. The molecule has 1 aromatic heterocycles. The summed E-state index contributed by atoms with van der Waals surface area (Å²) in [5, 5.41) is 15.8. The van der Waals surface area contributed by atoms with E-state index in [1.165, 1.54) is 0 Å². The smallest absolute Gasteiger partial charge is 0.251 e. The molecule has 0 spiro atoms. The molecule has 2 rings (SSSR count). The van der Waals surface area contributed by atoms with Crippen molar-refractivity contribution in [1.29, 1.82) is 0 Å². The van der Waals surface area contributed by atoms with Crippen LogP contribution in [0.15, 0.2) is 24.3 Å². The number of hydrogen-bond acceptors (Lipinski definition) is 6. The Kier molecular flexibility index (Phi) is 3.26. The van der Waals surface area contributed by atoms with Gasteiger partial charge in [-0.2, -0.15) is 5.21 Å². The second-order valence-corrected chi connectivity index (χ2v) is 3.23. The van der Waals surface area contributed by atoms with Crippen molar-refractivity contribution in [2.45, 2.75) is 6.54 Å². The number of H-pyrrole nitrogens is 1. The van der Waals surface area contributed by atoms with Crippen molar-refractivity contribution in [2.75, 3.05) is 5.43 Å². The van der Waals surface area contributed by atoms with Gasteiger partial charge in [-0.3, -0.25) is 10.6 Å². The fourth-order valence-corrected chi connectivity index (χ4v) is 1.24. The van der Waals surface area contributed by atoms with Crippen LogP contribution < -0.4 is 16.6 Å². The van der Waals surface area contributed by atoms with Gasteiger partial charge >= 0.3 is 0 Å². The van der Waals surface area contributed by atoms with Crippen LogP contribution in [0.2, 0.25) is 0 Å². The molecule has 0 bridgehead atoms. The Labute approximate surface area is 96.6 Å². The number of anilines is 1. The molecular weight excluding hydrogens is 222 g/mol. The quantitative estimate of drug-likeness (QED) is 0.414. The number of rotatable bonds is 4. The highest BCUT2D eigenvalue weighted by atomic mass is 16.1. The molecule has 8 nitrogen and oxygen atoms in total. The number of nitrogens with zero attached hydrogens (tertiary/aromatic N) is 3. The van der Waals surface area contributed by atoms with Crippen LogP contribution in [0.3, 0.4) is 0 Å². The molecule has 0 atom stereocenters. The van der Waals surface area contributed by atoms with E-state index in [0.29, 0.717) is 11.4 Å². The van der Waals surface area contributed by atoms with E-state index in [9.17, 15) is 4.79 Å². The maximum atomic E-state index is 11.7. The number of amides is 1. The van der Waals surface area contributed by atoms with Crippen LogP contribution in [-0.4, -0.2) is 26.5 Å². The summed E-state index contributed by atoms with van der Waals surface area (Å²) < 4.78 is 0. The molecule has 0 unspecified atom stereocenters. The maximum Gasteiger partial charge on any atom is 0.251 e. The molecule has 17 heavy (non-hydrogen) atoms. The third-order valence-electron chi connectivity index (χ3n) is 2.11. The summed E-state index contributed by atoms with van der Waals surface area (Å²) in [7, 11) is 0. The molecule has 0 aliphatic rings. The van der Waals surface area contributed by atoms with E-state index >= 15 is 0 Å². The number of hydrogen-bond donors (Lipinski definition) is 4. The Balaban J connectivity index is 1.95. The lowest BCUT2D eigenvalue weighted by Crippen LogP contribution is -2.23. The van der Waals surface area contributed by atoms with Crippen molar-refractivity contribution in [1.82, 2.24) is 25.9 Å². The topological polar surface area (TPSA) is 122 Å². The number of carbonyl (C=O) groups excluding carboxylic acids is 1. The van der Waals surface area contributed by atoms with E-state index in [-0.39, 0.29) is 12.5 Å². The molecule has 1 amide bonds. The van der Waals surface area contributed by atoms with Gasteiger partial charge in [0.2, 0.25) is 0 Å². The van der Waals surface area contributed by atoms with E-state index in [1.54, 1.807) is 24.3 Å². The number of nitrogen functional groups attached to an aromatic ring is 1. The normalized spacial score (nSPS) is 9.94. The highest BCUT2D eigenvalue weighted by Gasteiger charge is 2.06. The minimum absolute atomic E-state index is 0.210. The number of aromatic nitrogens is 4. The fraction of sp³-hybridized carbons (Fsp3) is 0.111. The number of nitrogens with one attached hydrogen (secondary N) is 3. The fourth-order valence-electron chi connectivity index (χ4n) is 1.24. The molecule has 0 saturated carbocycles. The Bertz CT molecular complexity index is 479. The van der Waals surface area contributed by atoms with E-state index in [2.05, 4.69) is 31.4 Å². The lowest BCUT2D eigenvalue weighted by molar-refractivity contribution is 0.0950. The summed E-state index contributed by atoms with van der Waals surface area (Å²) in [6, 6.07) is 6.76. The first kappa shape index (κ1) is 11.0. The molecular formula is C9H11N7O. The van der Waals surface area contributed by atoms with Crippen molar-refractivity contribution in [2.24, 2.45) is 5.84 Å². The third-order valence-corrected chi connectivity index (χ3v) is 2.11. The van der Waals surface area contributed by atoms with Crippen LogP contribution in [0.5, 0.6) is 0 Å². The van der Waals surface area contributed by atoms with Gasteiger partial charge in [0, 0.05) is 11.3 Å². The number of tetrazole rings is 1. The zero-order chi connectivity index (χ0) is 12.1. The van der Waals surface area contributed by atoms with Gasteiger partial charge in [-0.15, -0.1) is 10.2 Å². The number of benzene rings is 1. The van der Waals surface area contributed by atoms with Gasteiger partial charge in [-0.1, -0.05) is 5.21 Å². The number of hydrazine groups is 1. The number of aromatic amines is 1. The lowest BCUT2D eigenvalue weighted by atomic mass is 10.2. The van der Waals surface area contributed by atoms with Crippen LogP contribution in [0.25, 0.3) is 0 Å². The average molecular weight is 233 g/mol. The summed E-state index contributed by atoms with van der Waals surface area (Å²) in [4.78, 5) is 11.7. The standard InChI is InChI=1S/C9H11N7O/c10-12-7-3-1-6(2-4-7)9(17)11-5-8-13-15-16-14-8/h1-4,12H,5,10H2,(H,11,17)(H,13,14,15,16). The average Bonchev–Trinajstić information content (AvgIpc) is 2.89. The van der Waals surface area contributed by atoms with Crippen LogP contribution >= 0.6 is 0 Å².